The van der Waals surface area contributed by atoms with Crippen LogP contribution in [-0.4, -0.2) is 46.4 Å². The molecule has 0 aromatic heterocycles. The van der Waals surface area contributed by atoms with Crippen molar-refractivity contribution in [3.8, 4) is 0 Å². The van der Waals surface area contributed by atoms with Gasteiger partial charge in [0.1, 0.15) is 12.2 Å². The van der Waals surface area contributed by atoms with E-state index >= 15 is 0 Å². The van der Waals surface area contributed by atoms with Crippen molar-refractivity contribution in [1.29, 1.82) is 0 Å². The molecule has 0 fully saturated rings. The van der Waals surface area contributed by atoms with Crippen LogP contribution in [0.15, 0.2) is 0 Å². The van der Waals surface area contributed by atoms with Gasteiger partial charge >= 0.3 is 17.9 Å². The third kappa shape index (κ3) is 23.9. The quantitative estimate of drug-likeness (QED) is 0.112. The highest BCUT2D eigenvalue weighted by Gasteiger charge is 2.24. The summed E-state index contributed by atoms with van der Waals surface area (Å²) in [5, 5.41) is 19.3. The highest BCUT2D eigenvalue weighted by Crippen LogP contribution is 2.19. The minimum absolute atomic E-state index is 0.139. The number of carboxylic acids is 1. The summed E-state index contributed by atoms with van der Waals surface area (Å²) in [5.41, 5.74) is 0. The molecule has 206 valence electrons. The molecule has 0 aromatic rings. The van der Waals surface area contributed by atoms with Gasteiger partial charge in [0.25, 0.3) is 0 Å². The number of esters is 2. The highest BCUT2D eigenvalue weighted by atomic mass is 16.6. The predicted octanol–water partition coefficient (Wildman–Crippen LogP) is 6.73. The maximum atomic E-state index is 11.4. The van der Waals surface area contributed by atoms with Gasteiger partial charge in [0.05, 0.1) is 12.5 Å². The lowest BCUT2D eigenvalue weighted by Crippen LogP contribution is -2.28. The first kappa shape index (κ1) is 33.4. The number of ether oxygens (including phenoxy) is 2. The van der Waals surface area contributed by atoms with Crippen molar-refractivity contribution < 1.29 is 34.1 Å². The number of carbonyl (C=O) groups excluding carboxylic acids is 2. The zero-order chi connectivity index (χ0) is 26.3. The number of unbranched alkanes of at least 4 members (excludes halogenated alkanes) is 12. The topological polar surface area (TPSA) is 110 Å². The number of aliphatic carboxylic acids is 1. The summed E-state index contributed by atoms with van der Waals surface area (Å²) in [5.74, 6) is -2.10. The summed E-state index contributed by atoms with van der Waals surface area (Å²) in [7, 11) is 0. The van der Waals surface area contributed by atoms with Gasteiger partial charge in [-0.05, 0) is 25.7 Å². The molecule has 0 spiro atoms. The van der Waals surface area contributed by atoms with Gasteiger partial charge in [-0.25, -0.2) is 0 Å². The molecule has 2 N–H and O–H groups in total. The van der Waals surface area contributed by atoms with E-state index in [4.69, 9.17) is 14.6 Å². The molecule has 0 aromatic carbocycles. The number of aliphatic hydroxyl groups is 1. The monoisotopic (exact) mass is 500 g/mol. The van der Waals surface area contributed by atoms with Crippen LogP contribution in [0.5, 0.6) is 0 Å². The molecule has 0 unspecified atom stereocenters. The first-order chi connectivity index (χ1) is 16.7. The normalized spacial score (nSPS) is 13.7. The highest BCUT2D eigenvalue weighted by molar-refractivity contribution is 5.70. The van der Waals surface area contributed by atoms with Crippen LogP contribution in [0.3, 0.4) is 0 Å². The number of aliphatic hydroxyl groups excluding tert-OH is 1. The molecular formula is C28H52O7. The second kappa shape index (κ2) is 22.8. The van der Waals surface area contributed by atoms with Gasteiger partial charge in [0, 0.05) is 20.3 Å². The molecule has 0 heterocycles. The Morgan fingerprint density at radius 3 is 1.51 bits per heavy atom. The molecule has 0 radical (unpaired) electrons. The van der Waals surface area contributed by atoms with Crippen LogP contribution >= 0.6 is 0 Å². The first-order valence-corrected chi connectivity index (χ1v) is 14.0. The molecule has 0 aliphatic rings. The van der Waals surface area contributed by atoms with Crippen molar-refractivity contribution in [2.75, 3.05) is 0 Å². The number of carbonyl (C=O) groups is 3. The molecule has 35 heavy (non-hydrogen) atoms. The van der Waals surface area contributed by atoms with Gasteiger partial charge in [0.2, 0.25) is 0 Å². The van der Waals surface area contributed by atoms with Crippen molar-refractivity contribution in [1.82, 2.24) is 0 Å². The fraction of sp³-hybridized carbons (Fsp3) is 0.893. The van der Waals surface area contributed by atoms with E-state index in [9.17, 15) is 19.5 Å². The average Bonchev–Trinajstić information content (AvgIpc) is 2.75. The fourth-order valence-electron chi connectivity index (χ4n) is 4.48. The van der Waals surface area contributed by atoms with Gasteiger partial charge in [-0.2, -0.15) is 0 Å². The Morgan fingerprint density at radius 2 is 1.06 bits per heavy atom. The Balaban J connectivity index is 3.93. The van der Waals surface area contributed by atoms with Gasteiger partial charge in [-0.1, -0.05) is 90.4 Å². The van der Waals surface area contributed by atoms with Crippen molar-refractivity contribution in [3.05, 3.63) is 0 Å². The van der Waals surface area contributed by atoms with Crippen molar-refractivity contribution in [2.45, 2.75) is 161 Å². The second-order valence-corrected chi connectivity index (χ2v) is 9.91. The lowest BCUT2D eigenvalue weighted by atomic mass is 9.99. The Labute approximate surface area is 213 Å². The average molecular weight is 501 g/mol. The van der Waals surface area contributed by atoms with Crippen LogP contribution in [0.1, 0.15) is 143 Å². The minimum Gasteiger partial charge on any atom is -0.481 e. The van der Waals surface area contributed by atoms with E-state index in [0.717, 1.165) is 19.3 Å². The van der Waals surface area contributed by atoms with Crippen LogP contribution in [-0.2, 0) is 23.9 Å². The minimum atomic E-state index is -1.08. The molecule has 0 rings (SSSR count). The van der Waals surface area contributed by atoms with E-state index in [1.54, 1.807) is 0 Å². The van der Waals surface area contributed by atoms with Crippen LogP contribution in [0, 0.1) is 0 Å². The maximum Gasteiger partial charge on any atom is 0.307 e. The summed E-state index contributed by atoms with van der Waals surface area (Å²) >= 11 is 0. The van der Waals surface area contributed by atoms with Crippen molar-refractivity contribution in [2.24, 2.45) is 0 Å². The summed E-state index contributed by atoms with van der Waals surface area (Å²) in [6, 6.07) is 0. The molecule has 0 bridgehead atoms. The third-order valence-corrected chi connectivity index (χ3v) is 6.30. The molecule has 0 saturated carbocycles. The molecule has 3 atom stereocenters. The molecule has 0 amide bonds. The van der Waals surface area contributed by atoms with Gasteiger partial charge in [-0.15, -0.1) is 0 Å². The van der Waals surface area contributed by atoms with E-state index in [0.29, 0.717) is 19.3 Å². The van der Waals surface area contributed by atoms with Crippen LogP contribution in [0.25, 0.3) is 0 Å². The summed E-state index contributed by atoms with van der Waals surface area (Å²) < 4.78 is 10.4. The zero-order valence-corrected chi connectivity index (χ0v) is 22.6. The maximum absolute atomic E-state index is 11.4. The lowest BCUT2D eigenvalue weighted by Gasteiger charge is -2.23. The molecule has 0 saturated heterocycles. The summed E-state index contributed by atoms with van der Waals surface area (Å²) in [4.78, 5) is 33.7. The summed E-state index contributed by atoms with van der Waals surface area (Å²) in [6.07, 6.45) is 17.4. The molecular weight excluding hydrogens is 448 g/mol. The molecule has 7 heteroatoms. The van der Waals surface area contributed by atoms with Gasteiger partial charge < -0.3 is 19.7 Å². The number of hydrogen-bond acceptors (Lipinski definition) is 6. The van der Waals surface area contributed by atoms with Crippen molar-refractivity contribution in [3.63, 3.8) is 0 Å². The number of hydrogen-bond donors (Lipinski definition) is 2. The second-order valence-electron chi connectivity index (χ2n) is 9.91. The Morgan fingerprint density at radius 1 is 0.629 bits per heavy atom. The Kier molecular flexibility index (Phi) is 21.7. The van der Waals surface area contributed by atoms with E-state index in [2.05, 4.69) is 6.92 Å². The molecule has 0 aliphatic carbocycles. The zero-order valence-electron chi connectivity index (χ0n) is 22.6. The van der Waals surface area contributed by atoms with E-state index < -0.39 is 30.1 Å². The van der Waals surface area contributed by atoms with E-state index in [1.165, 1.54) is 84.5 Å². The third-order valence-electron chi connectivity index (χ3n) is 6.30. The SMILES string of the molecule is CCCCCCCCCCCCCCC[C@H](O)CCC[C@H](C[C@H](CC(=O)O)OC(C)=O)OC(C)=O. The largest absolute Gasteiger partial charge is 0.481 e. The smallest absolute Gasteiger partial charge is 0.307 e. The van der Waals surface area contributed by atoms with Crippen LogP contribution in [0.2, 0.25) is 0 Å². The van der Waals surface area contributed by atoms with Crippen molar-refractivity contribution >= 4 is 17.9 Å². The molecule has 7 nitrogen and oxygen atoms in total. The standard InChI is InChI=1S/C28H52O7/c1-4-5-6-7-8-9-10-11-12-13-14-15-16-18-25(31)19-17-20-26(34-23(2)29)21-27(22-28(32)33)35-24(3)30/h25-27,31H,4-22H2,1-3H3,(H,32,33)/t25-,26+,27+/m0/s1. The number of carboxylic acid groups (broad SMARTS) is 1. The molecule has 0 aliphatic heterocycles. The first-order valence-electron chi connectivity index (χ1n) is 14.0. The van der Waals surface area contributed by atoms with Crippen LogP contribution in [0.4, 0.5) is 0 Å². The predicted molar refractivity (Wildman–Crippen MR) is 138 cm³/mol. The van der Waals surface area contributed by atoms with E-state index in [-0.39, 0.29) is 18.9 Å². The Bertz CT molecular complexity index is 533. The van der Waals surface area contributed by atoms with Gasteiger partial charge in [0.15, 0.2) is 0 Å². The van der Waals surface area contributed by atoms with Gasteiger partial charge in [-0.3, -0.25) is 14.4 Å². The summed E-state index contributed by atoms with van der Waals surface area (Å²) in [6.45, 7) is 4.78. The lowest BCUT2D eigenvalue weighted by molar-refractivity contribution is -0.155. The Hall–Kier alpha value is -1.63. The number of rotatable bonds is 24. The fourth-order valence-corrected chi connectivity index (χ4v) is 4.48. The van der Waals surface area contributed by atoms with Crippen LogP contribution < -0.4 is 0 Å². The van der Waals surface area contributed by atoms with E-state index in [1.807, 2.05) is 0 Å².